The second-order valence-electron chi connectivity index (χ2n) is 9.49. The summed E-state index contributed by atoms with van der Waals surface area (Å²) < 4.78 is 10.8. The largest absolute Gasteiger partial charge is 0.454 e. The summed E-state index contributed by atoms with van der Waals surface area (Å²) in [5.41, 5.74) is 0.526. The number of ether oxygens (including phenoxy) is 2. The van der Waals surface area contributed by atoms with E-state index in [-0.39, 0.29) is 25.3 Å². The van der Waals surface area contributed by atoms with Gasteiger partial charge in [-0.2, -0.15) is 0 Å². The Kier molecular flexibility index (Phi) is 7.01. The van der Waals surface area contributed by atoms with Gasteiger partial charge in [0.15, 0.2) is 11.5 Å². The molecule has 39 heavy (non-hydrogen) atoms. The number of carbonyl (C=O) groups is 4. The topological polar surface area (TPSA) is 105 Å². The number of halogens is 1. The Labute approximate surface area is 230 Å². The SMILES string of the molecule is CCC(C)(C(=O)Nc1ccc2c(c1)OCO2)N(Cc1ccc(Cl)cc1)C(=O)CN1C(=O)C(=O)c2ccccc21. The van der Waals surface area contributed by atoms with Gasteiger partial charge in [0.1, 0.15) is 12.1 Å². The van der Waals surface area contributed by atoms with Crippen LogP contribution in [0.3, 0.4) is 0 Å². The molecule has 1 atom stereocenters. The summed E-state index contributed by atoms with van der Waals surface area (Å²) in [6, 6.07) is 18.5. The van der Waals surface area contributed by atoms with Crippen LogP contribution in [0.2, 0.25) is 5.02 Å². The van der Waals surface area contributed by atoms with Gasteiger partial charge in [-0.15, -0.1) is 0 Å². The zero-order valence-corrected chi connectivity index (χ0v) is 22.2. The van der Waals surface area contributed by atoms with Gasteiger partial charge in [0.2, 0.25) is 18.6 Å². The fourth-order valence-corrected chi connectivity index (χ4v) is 4.78. The van der Waals surface area contributed by atoms with Crippen molar-refractivity contribution in [3.8, 4) is 11.5 Å². The molecule has 9 nitrogen and oxygen atoms in total. The van der Waals surface area contributed by atoms with Gasteiger partial charge in [-0.05, 0) is 55.3 Å². The molecule has 1 N–H and O–H groups in total. The van der Waals surface area contributed by atoms with Crippen molar-refractivity contribution in [2.24, 2.45) is 0 Å². The third-order valence-electron chi connectivity index (χ3n) is 7.13. The predicted octanol–water partition coefficient (Wildman–Crippen LogP) is 4.43. The Morgan fingerprint density at radius 2 is 1.74 bits per heavy atom. The Morgan fingerprint density at radius 1 is 1.03 bits per heavy atom. The van der Waals surface area contributed by atoms with Crippen molar-refractivity contribution in [3.63, 3.8) is 0 Å². The Hall–Kier alpha value is -4.37. The maximum absolute atomic E-state index is 13.9. The van der Waals surface area contributed by atoms with Gasteiger partial charge in [0, 0.05) is 23.3 Å². The predicted molar refractivity (Wildman–Crippen MR) is 145 cm³/mol. The van der Waals surface area contributed by atoms with Crippen molar-refractivity contribution in [2.45, 2.75) is 32.4 Å². The van der Waals surface area contributed by atoms with Crippen LogP contribution < -0.4 is 19.7 Å². The molecule has 2 aliphatic heterocycles. The third kappa shape index (κ3) is 4.93. The summed E-state index contributed by atoms with van der Waals surface area (Å²) in [6.07, 6.45) is 0.270. The summed E-state index contributed by atoms with van der Waals surface area (Å²) in [6.45, 7) is 3.26. The number of Topliss-reactive ketones (excluding diaryl/α,β-unsaturated/α-hetero) is 1. The molecule has 0 bridgehead atoms. The first-order valence-electron chi connectivity index (χ1n) is 12.4. The molecule has 0 saturated heterocycles. The Balaban J connectivity index is 1.46. The van der Waals surface area contributed by atoms with E-state index in [0.29, 0.717) is 27.9 Å². The number of ketones is 1. The highest BCUT2D eigenvalue weighted by Crippen LogP contribution is 2.35. The summed E-state index contributed by atoms with van der Waals surface area (Å²) in [5.74, 6) is -1.27. The van der Waals surface area contributed by atoms with E-state index in [1.807, 2.05) is 0 Å². The number of nitrogens with zero attached hydrogens (tertiary/aromatic N) is 2. The van der Waals surface area contributed by atoms with E-state index in [1.165, 1.54) is 9.80 Å². The molecule has 0 aromatic heterocycles. The van der Waals surface area contributed by atoms with E-state index in [4.69, 9.17) is 21.1 Å². The van der Waals surface area contributed by atoms with Crippen LogP contribution in [-0.2, 0) is 20.9 Å². The van der Waals surface area contributed by atoms with Crippen molar-refractivity contribution >= 4 is 46.5 Å². The summed E-state index contributed by atoms with van der Waals surface area (Å²) in [5, 5.41) is 3.43. The van der Waals surface area contributed by atoms with E-state index in [0.717, 1.165) is 5.56 Å². The number of hydrogen-bond donors (Lipinski definition) is 1. The van der Waals surface area contributed by atoms with E-state index < -0.39 is 35.6 Å². The van der Waals surface area contributed by atoms with Gasteiger partial charge in [-0.1, -0.05) is 42.8 Å². The Morgan fingerprint density at radius 3 is 2.49 bits per heavy atom. The third-order valence-corrected chi connectivity index (χ3v) is 7.38. The van der Waals surface area contributed by atoms with Crippen LogP contribution in [0.25, 0.3) is 0 Å². The number of nitrogens with one attached hydrogen (secondary N) is 1. The van der Waals surface area contributed by atoms with Crippen molar-refractivity contribution in [1.82, 2.24) is 4.90 Å². The number of anilines is 2. The number of fused-ring (bicyclic) bond motifs is 2. The minimum atomic E-state index is -1.32. The van der Waals surface area contributed by atoms with Crippen molar-refractivity contribution < 1.29 is 28.7 Å². The lowest BCUT2D eigenvalue weighted by Gasteiger charge is -2.40. The van der Waals surface area contributed by atoms with Crippen LogP contribution in [0, 0.1) is 0 Å². The molecule has 0 fully saturated rings. The highest BCUT2D eigenvalue weighted by molar-refractivity contribution is 6.52. The number of amides is 3. The average molecular weight is 548 g/mol. The first-order chi connectivity index (χ1) is 18.7. The second kappa shape index (κ2) is 10.4. The number of para-hydroxylation sites is 1. The van der Waals surface area contributed by atoms with Crippen LogP contribution in [0.1, 0.15) is 36.2 Å². The van der Waals surface area contributed by atoms with Crippen LogP contribution in [-0.4, -0.2) is 47.3 Å². The molecule has 10 heteroatoms. The van der Waals surface area contributed by atoms with Crippen molar-refractivity contribution in [3.05, 3.63) is 82.9 Å². The lowest BCUT2D eigenvalue weighted by atomic mass is 9.93. The molecule has 0 spiro atoms. The first-order valence-corrected chi connectivity index (χ1v) is 12.8. The summed E-state index contributed by atoms with van der Waals surface area (Å²) >= 11 is 6.06. The quantitative estimate of drug-likeness (QED) is 0.418. The van der Waals surface area contributed by atoms with Crippen LogP contribution in [0.15, 0.2) is 66.7 Å². The van der Waals surface area contributed by atoms with Crippen molar-refractivity contribution in [2.75, 3.05) is 23.6 Å². The summed E-state index contributed by atoms with van der Waals surface area (Å²) in [4.78, 5) is 55.6. The number of benzene rings is 3. The van der Waals surface area contributed by atoms with E-state index in [2.05, 4.69) is 5.32 Å². The minimum Gasteiger partial charge on any atom is -0.454 e. The van der Waals surface area contributed by atoms with Gasteiger partial charge in [0.25, 0.3) is 11.7 Å². The average Bonchev–Trinajstić information content (AvgIpc) is 3.50. The molecular formula is C29H26ClN3O6. The number of carbonyl (C=O) groups excluding carboxylic acids is 4. The molecule has 0 radical (unpaired) electrons. The monoisotopic (exact) mass is 547 g/mol. The molecule has 1 unspecified atom stereocenters. The zero-order chi connectivity index (χ0) is 27.7. The molecule has 3 aromatic rings. The maximum Gasteiger partial charge on any atom is 0.299 e. The molecule has 3 amide bonds. The van der Waals surface area contributed by atoms with Crippen molar-refractivity contribution in [1.29, 1.82) is 0 Å². The van der Waals surface area contributed by atoms with E-state index in [1.54, 1.807) is 80.6 Å². The minimum absolute atomic E-state index is 0.0759. The van der Waals surface area contributed by atoms with E-state index >= 15 is 0 Å². The van der Waals surface area contributed by atoms with Gasteiger partial charge in [-0.25, -0.2) is 0 Å². The normalized spacial score (nSPS) is 15.1. The molecule has 3 aromatic carbocycles. The highest BCUT2D eigenvalue weighted by atomic mass is 35.5. The molecule has 0 aliphatic carbocycles. The van der Waals surface area contributed by atoms with E-state index in [9.17, 15) is 19.2 Å². The first kappa shape index (κ1) is 26.2. The Bertz CT molecular complexity index is 1470. The molecular weight excluding hydrogens is 522 g/mol. The number of rotatable bonds is 8. The van der Waals surface area contributed by atoms with Crippen LogP contribution in [0.5, 0.6) is 11.5 Å². The number of hydrogen-bond acceptors (Lipinski definition) is 6. The molecule has 5 rings (SSSR count). The molecule has 2 heterocycles. The van der Waals surface area contributed by atoms with Gasteiger partial charge < -0.3 is 19.7 Å². The van der Waals surface area contributed by atoms with Gasteiger partial charge in [0.05, 0.1) is 11.3 Å². The fourth-order valence-electron chi connectivity index (χ4n) is 4.65. The van der Waals surface area contributed by atoms with Crippen LogP contribution >= 0.6 is 11.6 Å². The smallest absolute Gasteiger partial charge is 0.299 e. The lowest BCUT2D eigenvalue weighted by molar-refractivity contribution is -0.145. The zero-order valence-electron chi connectivity index (χ0n) is 21.4. The van der Waals surface area contributed by atoms with Crippen LogP contribution in [0.4, 0.5) is 11.4 Å². The highest BCUT2D eigenvalue weighted by Gasteiger charge is 2.43. The molecule has 2 aliphatic rings. The molecule has 0 saturated carbocycles. The van der Waals surface area contributed by atoms with Gasteiger partial charge in [-0.3, -0.25) is 24.1 Å². The molecule has 200 valence electrons. The summed E-state index contributed by atoms with van der Waals surface area (Å²) in [7, 11) is 0. The van der Waals surface area contributed by atoms with Gasteiger partial charge >= 0.3 is 0 Å². The fraction of sp³-hybridized carbons (Fsp3) is 0.241. The second-order valence-corrected chi connectivity index (χ2v) is 9.93. The maximum atomic E-state index is 13.9. The standard InChI is InChI=1S/C29H26ClN3O6/c1-3-29(2,28(37)31-20-12-13-23-24(14-20)39-17-38-23)33(15-18-8-10-19(30)11-9-18)25(34)16-32-22-7-5-4-6-21(22)26(35)27(32)36/h4-14H,3,15-17H2,1-2H3,(H,31,37). The lowest BCUT2D eigenvalue weighted by Crippen LogP contribution is -2.58.